The molecule has 4 N–H and O–H groups in total. The number of carboxylic acids is 1. The zero-order valence-electron chi connectivity index (χ0n) is 16.7. The summed E-state index contributed by atoms with van der Waals surface area (Å²) in [6.07, 6.45) is 3.74. The first-order valence-corrected chi connectivity index (χ1v) is 10.6. The smallest absolute Gasteiger partial charge is 0.309 e. The molecule has 0 aromatic rings. The lowest BCUT2D eigenvalue weighted by atomic mass is 9.48. The minimum Gasteiger partial charge on any atom is -0.481 e. The van der Waals surface area contributed by atoms with Crippen molar-refractivity contribution in [1.29, 1.82) is 0 Å². The summed E-state index contributed by atoms with van der Waals surface area (Å²) in [6.45, 7) is 6.22. The van der Waals surface area contributed by atoms with E-state index in [-0.39, 0.29) is 28.8 Å². The predicted octanol–water partition coefficient (Wildman–Crippen LogP) is 2.73. The second-order valence-corrected chi connectivity index (χ2v) is 10.2. The molecular weight excluding hydrogens is 344 g/mol. The van der Waals surface area contributed by atoms with Crippen LogP contribution >= 0.6 is 0 Å². The summed E-state index contributed by atoms with van der Waals surface area (Å²) in [5.41, 5.74) is 2.00. The Morgan fingerprint density at radius 1 is 1.15 bits per heavy atom. The molecule has 0 radical (unpaired) electrons. The van der Waals surface area contributed by atoms with Crippen LogP contribution in [0.25, 0.3) is 0 Å². The molecule has 5 heteroatoms. The number of fused-ring (bicyclic) bond motifs is 4. The van der Waals surface area contributed by atoms with Gasteiger partial charge in [0.05, 0.1) is 24.2 Å². The van der Waals surface area contributed by atoms with E-state index in [1.807, 2.05) is 6.92 Å². The number of aliphatic hydroxyl groups excluding tert-OH is 3. The molecule has 2 fully saturated rings. The molecule has 27 heavy (non-hydrogen) atoms. The van der Waals surface area contributed by atoms with Gasteiger partial charge >= 0.3 is 5.97 Å². The highest BCUT2D eigenvalue weighted by atomic mass is 16.4. The molecular formula is C22H34O5. The topological polar surface area (TPSA) is 98.0 Å². The summed E-state index contributed by atoms with van der Waals surface area (Å²) in [7, 11) is 0. The van der Waals surface area contributed by atoms with Gasteiger partial charge in [0.1, 0.15) is 0 Å². The van der Waals surface area contributed by atoms with Gasteiger partial charge in [-0.05, 0) is 86.0 Å². The summed E-state index contributed by atoms with van der Waals surface area (Å²) in [4.78, 5) is 11.9. The van der Waals surface area contributed by atoms with E-state index < -0.39 is 24.1 Å². The van der Waals surface area contributed by atoms with E-state index in [0.717, 1.165) is 37.7 Å². The number of aliphatic carboxylic acids is 1. The van der Waals surface area contributed by atoms with Gasteiger partial charge in [-0.15, -0.1) is 0 Å². The Balaban J connectivity index is 1.78. The number of rotatable bonds is 2. The first-order valence-electron chi connectivity index (χ1n) is 10.6. The second kappa shape index (κ2) is 6.30. The SMILES string of the molecule is C[C@H](O)[C@@H]1CC[C@@H]2C3=C([C@H](O)C[C@@]21C)[C@]1(C)CC[C@H](O)[C@@H](C(=O)O)[C@H]1CC3. The summed E-state index contributed by atoms with van der Waals surface area (Å²) in [5, 5.41) is 41.7. The van der Waals surface area contributed by atoms with Gasteiger partial charge in [-0.2, -0.15) is 0 Å². The standard InChI is InChI=1S/C22H34O5/c1-11(23)13-6-7-14-12-4-5-15-18(20(26)27)16(24)8-9-21(15,2)19(12)17(25)10-22(13,14)3/h11,13-18,23-25H,4-10H2,1-3H3,(H,26,27)/t11-,13-,14+,15+,16-,17+,18-,21+,22+/m0/s1. The molecule has 0 aromatic carbocycles. The Bertz CT molecular complexity index is 670. The lowest BCUT2D eigenvalue weighted by Gasteiger charge is -2.57. The minimum atomic E-state index is -0.910. The molecule has 5 nitrogen and oxygen atoms in total. The van der Waals surface area contributed by atoms with Crippen molar-refractivity contribution in [2.45, 2.75) is 84.0 Å². The Kier molecular flexibility index (Phi) is 4.53. The highest BCUT2D eigenvalue weighted by Gasteiger charge is 2.60. The Morgan fingerprint density at radius 2 is 1.85 bits per heavy atom. The van der Waals surface area contributed by atoms with Gasteiger partial charge in [0.2, 0.25) is 0 Å². The summed E-state index contributed by atoms with van der Waals surface area (Å²) >= 11 is 0. The molecule has 152 valence electrons. The summed E-state index contributed by atoms with van der Waals surface area (Å²) < 4.78 is 0. The third-order valence-corrected chi connectivity index (χ3v) is 8.98. The van der Waals surface area contributed by atoms with Gasteiger partial charge in [-0.25, -0.2) is 0 Å². The van der Waals surface area contributed by atoms with Crippen LogP contribution in [-0.2, 0) is 4.79 Å². The predicted molar refractivity (Wildman–Crippen MR) is 101 cm³/mol. The Labute approximate surface area is 161 Å². The van der Waals surface area contributed by atoms with Crippen LogP contribution < -0.4 is 0 Å². The van der Waals surface area contributed by atoms with E-state index in [4.69, 9.17) is 0 Å². The van der Waals surface area contributed by atoms with Crippen LogP contribution in [0.15, 0.2) is 11.1 Å². The molecule has 0 heterocycles. The maximum atomic E-state index is 11.9. The number of hydrogen-bond donors (Lipinski definition) is 4. The monoisotopic (exact) mass is 378 g/mol. The number of allylic oxidation sites excluding steroid dienone is 1. The number of aliphatic hydroxyl groups is 3. The maximum Gasteiger partial charge on any atom is 0.309 e. The molecule has 9 atom stereocenters. The van der Waals surface area contributed by atoms with Crippen molar-refractivity contribution in [3.05, 3.63) is 11.1 Å². The summed E-state index contributed by atoms with van der Waals surface area (Å²) in [6, 6.07) is 0. The van der Waals surface area contributed by atoms with E-state index in [2.05, 4.69) is 13.8 Å². The molecule has 4 aliphatic rings. The number of carbonyl (C=O) groups is 1. The normalized spacial score (nSPS) is 50.6. The van der Waals surface area contributed by atoms with Crippen molar-refractivity contribution in [1.82, 2.24) is 0 Å². The van der Waals surface area contributed by atoms with Crippen LogP contribution in [0.4, 0.5) is 0 Å². The fraction of sp³-hybridized carbons (Fsp3) is 0.864. The molecule has 4 aliphatic carbocycles. The van der Waals surface area contributed by atoms with Gasteiger partial charge in [0.15, 0.2) is 0 Å². The van der Waals surface area contributed by atoms with Gasteiger partial charge in [0, 0.05) is 0 Å². The lowest BCUT2D eigenvalue weighted by Crippen LogP contribution is -2.54. The van der Waals surface area contributed by atoms with E-state index in [1.54, 1.807) is 0 Å². The zero-order valence-corrected chi connectivity index (χ0v) is 16.7. The van der Waals surface area contributed by atoms with Crippen LogP contribution in [0, 0.1) is 34.5 Å². The Hall–Kier alpha value is -0.910. The van der Waals surface area contributed by atoms with Crippen molar-refractivity contribution in [2.75, 3.05) is 0 Å². The van der Waals surface area contributed by atoms with Crippen LogP contribution in [-0.4, -0.2) is 44.7 Å². The third kappa shape index (κ3) is 2.57. The fourth-order valence-electron chi connectivity index (χ4n) is 7.86. The van der Waals surface area contributed by atoms with Crippen LogP contribution in [0.1, 0.15) is 65.7 Å². The second-order valence-electron chi connectivity index (χ2n) is 10.2. The van der Waals surface area contributed by atoms with Crippen molar-refractivity contribution >= 4 is 5.97 Å². The van der Waals surface area contributed by atoms with Crippen LogP contribution in [0.5, 0.6) is 0 Å². The number of carboxylic acid groups (broad SMARTS) is 1. The maximum absolute atomic E-state index is 11.9. The van der Waals surface area contributed by atoms with Crippen molar-refractivity contribution in [3.63, 3.8) is 0 Å². The highest BCUT2D eigenvalue weighted by molar-refractivity contribution is 5.72. The van der Waals surface area contributed by atoms with E-state index in [0.29, 0.717) is 18.8 Å². The molecule has 4 rings (SSSR count). The summed E-state index contributed by atoms with van der Waals surface area (Å²) in [5.74, 6) is -1.19. The highest BCUT2D eigenvalue weighted by Crippen LogP contribution is 2.65. The molecule has 0 aromatic heterocycles. The molecule has 0 spiro atoms. The molecule has 0 aliphatic heterocycles. The van der Waals surface area contributed by atoms with Crippen LogP contribution in [0.3, 0.4) is 0 Å². The largest absolute Gasteiger partial charge is 0.481 e. The number of hydrogen-bond acceptors (Lipinski definition) is 4. The van der Waals surface area contributed by atoms with Crippen molar-refractivity contribution in [3.8, 4) is 0 Å². The fourth-order valence-corrected chi connectivity index (χ4v) is 7.86. The third-order valence-electron chi connectivity index (χ3n) is 8.98. The quantitative estimate of drug-likeness (QED) is 0.554. The van der Waals surface area contributed by atoms with Crippen LogP contribution in [0.2, 0.25) is 0 Å². The molecule has 0 bridgehead atoms. The molecule has 0 saturated heterocycles. The van der Waals surface area contributed by atoms with Gasteiger partial charge in [0.25, 0.3) is 0 Å². The average molecular weight is 379 g/mol. The minimum absolute atomic E-state index is 0.0873. The van der Waals surface area contributed by atoms with E-state index in [1.165, 1.54) is 5.57 Å². The van der Waals surface area contributed by atoms with E-state index in [9.17, 15) is 25.2 Å². The molecule has 0 unspecified atom stereocenters. The van der Waals surface area contributed by atoms with Gasteiger partial charge in [-0.1, -0.05) is 19.4 Å². The Morgan fingerprint density at radius 3 is 2.48 bits per heavy atom. The lowest BCUT2D eigenvalue weighted by molar-refractivity contribution is -0.157. The van der Waals surface area contributed by atoms with Gasteiger partial charge in [-0.3, -0.25) is 4.79 Å². The van der Waals surface area contributed by atoms with Crippen molar-refractivity contribution < 1.29 is 25.2 Å². The van der Waals surface area contributed by atoms with E-state index >= 15 is 0 Å². The molecule has 0 amide bonds. The average Bonchev–Trinajstić information content (AvgIpc) is 2.91. The van der Waals surface area contributed by atoms with Crippen molar-refractivity contribution in [2.24, 2.45) is 34.5 Å². The first-order chi connectivity index (χ1) is 12.6. The van der Waals surface area contributed by atoms with Gasteiger partial charge < -0.3 is 20.4 Å². The molecule has 2 saturated carbocycles. The zero-order chi connectivity index (χ0) is 19.7. The first kappa shape index (κ1) is 19.4.